The maximum absolute atomic E-state index is 13.1. The molecule has 1 aliphatic rings. The van der Waals surface area contributed by atoms with Crippen molar-refractivity contribution >= 4 is 11.6 Å². The van der Waals surface area contributed by atoms with Gasteiger partial charge in [-0.15, -0.1) is 10.2 Å². The topological polar surface area (TPSA) is 68.3 Å². The lowest BCUT2D eigenvalue weighted by molar-refractivity contribution is 0.0679. The molecule has 0 saturated heterocycles. The van der Waals surface area contributed by atoms with Crippen LogP contribution in [-0.4, -0.2) is 41.5 Å². The van der Waals surface area contributed by atoms with Crippen LogP contribution in [0.25, 0.3) is 5.65 Å². The van der Waals surface area contributed by atoms with Gasteiger partial charge in [-0.3, -0.25) is 4.79 Å². The zero-order chi connectivity index (χ0) is 19.1. The summed E-state index contributed by atoms with van der Waals surface area (Å²) < 4.78 is 4.04. The largest absolute Gasteiger partial charge is 0.329 e. The standard InChI is InChI=1S/C21H20N6O/c1-15-12-26(21(28)17-7-8-18-22-9-10-25(18)13-17)14-20-24-23-19(27(15)20)11-16-5-3-2-4-6-16/h2-10,13,15H,11-12,14H2,1H3/t15-/m0/s1. The van der Waals surface area contributed by atoms with Crippen LogP contribution >= 0.6 is 0 Å². The number of imidazole rings is 1. The highest BCUT2D eigenvalue weighted by molar-refractivity contribution is 5.94. The number of hydrogen-bond donors (Lipinski definition) is 0. The quantitative estimate of drug-likeness (QED) is 0.555. The van der Waals surface area contributed by atoms with Crippen LogP contribution in [0.1, 0.15) is 40.5 Å². The Balaban J connectivity index is 1.40. The van der Waals surface area contributed by atoms with E-state index in [4.69, 9.17) is 0 Å². The molecular formula is C21H20N6O. The monoisotopic (exact) mass is 372 g/mol. The number of amides is 1. The number of fused-ring (bicyclic) bond motifs is 2. The molecule has 1 aromatic carbocycles. The first-order valence-corrected chi connectivity index (χ1v) is 9.37. The molecule has 0 unspecified atom stereocenters. The average molecular weight is 372 g/mol. The number of aromatic nitrogens is 5. The molecule has 1 aliphatic heterocycles. The highest BCUT2D eigenvalue weighted by atomic mass is 16.2. The van der Waals surface area contributed by atoms with Crippen molar-refractivity contribution in [2.45, 2.75) is 25.9 Å². The molecule has 28 heavy (non-hydrogen) atoms. The van der Waals surface area contributed by atoms with E-state index in [9.17, 15) is 4.79 Å². The van der Waals surface area contributed by atoms with E-state index in [1.54, 1.807) is 6.20 Å². The average Bonchev–Trinajstić information content (AvgIpc) is 3.35. The number of hydrogen-bond acceptors (Lipinski definition) is 4. The third-order valence-electron chi connectivity index (χ3n) is 5.22. The summed E-state index contributed by atoms with van der Waals surface area (Å²) in [6.07, 6.45) is 6.14. The maximum Gasteiger partial charge on any atom is 0.255 e. The van der Waals surface area contributed by atoms with Crippen LogP contribution in [0.3, 0.4) is 0 Å². The molecule has 0 radical (unpaired) electrons. The Bertz CT molecular complexity index is 1150. The Labute approximate surface area is 162 Å². The molecule has 0 saturated carbocycles. The Morgan fingerprint density at radius 3 is 2.86 bits per heavy atom. The van der Waals surface area contributed by atoms with Crippen LogP contribution in [0.15, 0.2) is 61.1 Å². The normalized spacial score (nSPS) is 16.3. The number of carbonyl (C=O) groups is 1. The molecule has 1 atom stereocenters. The Kier molecular flexibility index (Phi) is 3.93. The van der Waals surface area contributed by atoms with Crippen molar-refractivity contribution < 1.29 is 4.79 Å². The molecule has 1 amide bonds. The minimum Gasteiger partial charge on any atom is -0.329 e. The summed E-state index contributed by atoms with van der Waals surface area (Å²) in [6, 6.07) is 14.1. The van der Waals surface area contributed by atoms with Gasteiger partial charge in [0.1, 0.15) is 11.5 Å². The van der Waals surface area contributed by atoms with Gasteiger partial charge in [-0.25, -0.2) is 4.98 Å². The van der Waals surface area contributed by atoms with Gasteiger partial charge in [-0.1, -0.05) is 30.3 Å². The van der Waals surface area contributed by atoms with Gasteiger partial charge in [0.2, 0.25) is 0 Å². The number of pyridine rings is 1. The summed E-state index contributed by atoms with van der Waals surface area (Å²) in [6.45, 7) is 3.21. The van der Waals surface area contributed by atoms with Gasteiger partial charge in [0.05, 0.1) is 18.2 Å². The molecule has 5 rings (SSSR count). The Morgan fingerprint density at radius 2 is 2.00 bits per heavy atom. The van der Waals surface area contributed by atoms with Gasteiger partial charge in [-0.05, 0) is 24.6 Å². The second-order valence-electron chi connectivity index (χ2n) is 7.21. The van der Waals surface area contributed by atoms with Gasteiger partial charge in [0, 0.05) is 31.6 Å². The lowest BCUT2D eigenvalue weighted by Crippen LogP contribution is -2.40. The lowest BCUT2D eigenvalue weighted by Gasteiger charge is -2.32. The van der Waals surface area contributed by atoms with Crippen LogP contribution in [0, 0.1) is 0 Å². The Morgan fingerprint density at radius 1 is 1.14 bits per heavy atom. The summed E-state index contributed by atoms with van der Waals surface area (Å²) >= 11 is 0. The first-order valence-electron chi connectivity index (χ1n) is 9.37. The second kappa shape index (κ2) is 6.60. The maximum atomic E-state index is 13.1. The van der Waals surface area contributed by atoms with Gasteiger partial charge < -0.3 is 13.9 Å². The van der Waals surface area contributed by atoms with Crippen LogP contribution < -0.4 is 0 Å². The fourth-order valence-electron chi connectivity index (χ4n) is 3.90. The molecule has 140 valence electrons. The van der Waals surface area contributed by atoms with Crippen LogP contribution in [0.2, 0.25) is 0 Å². The smallest absolute Gasteiger partial charge is 0.255 e. The van der Waals surface area contributed by atoms with E-state index in [-0.39, 0.29) is 11.9 Å². The molecule has 0 bridgehead atoms. The lowest BCUT2D eigenvalue weighted by atomic mass is 10.1. The van der Waals surface area contributed by atoms with E-state index in [2.05, 4.69) is 38.8 Å². The minimum atomic E-state index is 0.00121. The summed E-state index contributed by atoms with van der Waals surface area (Å²) in [4.78, 5) is 19.1. The van der Waals surface area contributed by atoms with E-state index in [0.717, 1.165) is 23.7 Å². The number of carbonyl (C=O) groups excluding carboxylic acids is 1. The molecule has 7 heteroatoms. The van der Waals surface area contributed by atoms with Crippen LogP contribution in [0.4, 0.5) is 0 Å². The minimum absolute atomic E-state index is 0.00121. The molecule has 0 fully saturated rings. The van der Waals surface area contributed by atoms with Crippen molar-refractivity contribution in [2.24, 2.45) is 0 Å². The third-order valence-corrected chi connectivity index (χ3v) is 5.22. The van der Waals surface area contributed by atoms with Crippen molar-refractivity contribution in [3.8, 4) is 0 Å². The van der Waals surface area contributed by atoms with Gasteiger partial charge >= 0.3 is 0 Å². The summed E-state index contributed by atoms with van der Waals surface area (Å²) in [5, 5.41) is 8.78. The van der Waals surface area contributed by atoms with E-state index in [1.165, 1.54) is 5.56 Å². The molecule has 7 nitrogen and oxygen atoms in total. The zero-order valence-corrected chi connectivity index (χ0v) is 15.6. The summed E-state index contributed by atoms with van der Waals surface area (Å²) in [7, 11) is 0. The van der Waals surface area contributed by atoms with Gasteiger partial charge in [0.25, 0.3) is 5.91 Å². The van der Waals surface area contributed by atoms with Crippen LogP contribution in [-0.2, 0) is 13.0 Å². The SMILES string of the molecule is C[C@H]1CN(C(=O)c2ccc3nccn3c2)Cc2nnc(Cc3ccccc3)n21. The van der Waals surface area contributed by atoms with Crippen molar-refractivity contribution in [3.63, 3.8) is 0 Å². The fraction of sp³-hybridized carbons (Fsp3) is 0.238. The van der Waals surface area contributed by atoms with Crippen molar-refractivity contribution in [1.82, 2.24) is 29.0 Å². The Hall–Kier alpha value is -3.48. The van der Waals surface area contributed by atoms with E-state index in [0.29, 0.717) is 18.7 Å². The van der Waals surface area contributed by atoms with E-state index >= 15 is 0 Å². The predicted octanol–water partition coefficient (Wildman–Crippen LogP) is 2.73. The molecule has 0 N–H and O–H groups in total. The molecule has 0 aliphatic carbocycles. The summed E-state index contributed by atoms with van der Waals surface area (Å²) in [5.41, 5.74) is 2.68. The van der Waals surface area contributed by atoms with E-state index < -0.39 is 0 Å². The first-order chi connectivity index (χ1) is 13.7. The molecule has 4 aromatic rings. The number of rotatable bonds is 3. The van der Waals surface area contributed by atoms with Gasteiger partial charge in [-0.2, -0.15) is 0 Å². The first kappa shape index (κ1) is 16.7. The molecular weight excluding hydrogens is 352 g/mol. The van der Waals surface area contributed by atoms with Crippen molar-refractivity contribution in [2.75, 3.05) is 6.54 Å². The number of benzene rings is 1. The predicted molar refractivity (Wildman–Crippen MR) is 104 cm³/mol. The van der Waals surface area contributed by atoms with E-state index in [1.807, 2.05) is 52.0 Å². The zero-order valence-electron chi connectivity index (χ0n) is 15.6. The summed E-state index contributed by atoms with van der Waals surface area (Å²) in [5.74, 6) is 1.78. The third kappa shape index (κ3) is 2.85. The number of nitrogens with zero attached hydrogens (tertiary/aromatic N) is 6. The van der Waals surface area contributed by atoms with Crippen LogP contribution in [0.5, 0.6) is 0 Å². The highest BCUT2D eigenvalue weighted by Crippen LogP contribution is 2.24. The van der Waals surface area contributed by atoms with Crippen molar-refractivity contribution in [1.29, 1.82) is 0 Å². The molecule has 3 aromatic heterocycles. The fourth-order valence-corrected chi connectivity index (χ4v) is 3.90. The highest BCUT2D eigenvalue weighted by Gasteiger charge is 2.29. The molecule has 4 heterocycles. The molecule has 0 spiro atoms. The second-order valence-corrected chi connectivity index (χ2v) is 7.21. The van der Waals surface area contributed by atoms with Crippen molar-refractivity contribution in [3.05, 3.63) is 83.8 Å². The van der Waals surface area contributed by atoms with Gasteiger partial charge in [0.15, 0.2) is 5.82 Å².